The number of aromatic nitrogens is 1. The van der Waals surface area contributed by atoms with E-state index in [2.05, 4.69) is 24.0 Å². The molecule has 1 aromatic heterocycles. The Labute approximate surface area is 235 Å². The van der Waals surface area contributed by atoms with Crippen LogP contribution in [0.5, 0.6) is 17.2 Å². The van der Waals surface area contributed by atoms with Crippen LogP contribution in [0, 0.1) is 6.92 Å². The van der Waals surface area contributed by atoms with Gasteiger partial charge < -0.3 is 18.6 Å². The van der Waals surface area contributed by atoms with Gasteiger partial charge in [0.1, 0.15) is 23.0 Å². The quantitative estimate of drug-likeness (QED) is 0.227. The maximum atomic E-state index is 13.4. The fourth-order valence-electron chi connectivity index (χ4n) is 5.21. The van der Waals surface area contributed by atoms with Gasteiger partial charge in [0, 0.05) is 18.0 Å². The lowest BCUT2D eigenvalue weighted by Gasteiger charge is -2.34. The molecular weight excluding hydrogens is 504 g/mol. The SMILES string of the molecule is COc1ccc(OC(=O)N2C(C)CCCCC2c2ccc(OCCc3nc(-c4ccccc4)oc3C)cc2)cc1. The van der Waals surface area contributed by atoms with Crippen molar-refractivity contribution in [2.45, 2.75) is 58.0 Å². The first-order chi connectivity index (χ1) is 19.5. The van der Waals surface area contributed by atoms with Gasteiger partial charge in [0.05, 0.1) is 25.5 Å². The van der Waals surface area contributed by atoms with E-state index in [1.54, 1.807) is 31.4 Å². The van der Waals surface area contributed by atoms with Crippen molar-refractivity contribution in [3.05, 3.63) is 95.9 Å². The van der Waals surface area contributed by atoms with E-state index >= 15 is 0 Å². The molecule has 2 atom stereocenters. The minimum absolute atomic E-state index is 0.0634. The van der Waals surface area contributed by atoms with Gasteiger partial charge in [-0.3, -0.25) is 4.90 Å². The van der Waals surface area contributed by atoms with Crippen LogP contribution >= 0.6 is 0 Å². The van der Waals surface area contributed by atoms with Crippen LogP contribution in [-0.4, -0.2) is 35.7 Å². The number of likely N-dealkylation sites (tertiary alicyclic amines) is 1. The Kier molecular flexibility index (Phi) is 8.69. The van der Waals surface area contributed by atoms with E-state index in [9.17, 15) is 4.79 Å². The zero-order valence-corrected chi connectivity index (χ0v) is 23.3. The lowest BCUT2D eigenvalue weighted by Crippen LogP contribution is -2.42. The largest absolute Gasteiger partial charge is 0.497 e. The molecule has 0 bridgehead atoms. The molecule has 0 aliphatic carbocycles. The van der Waals surface area contributed by atoms with Crippen LogP contribution in [0.15, 0.2) is 83.3 Å². The van der Waals surface area contributed by atoms with Crippen LogP contribution in [-0.2, 0) is 6.42 Å². The molecule has 1 aliphatic heterocycles. The van der Waals surface area contributed by atoms with Crippen molar-refractivity contribution in [2.24, 2.45) is 0 Å². The molecule has 40 heavy (non-hydrogen) atoms. The molecule has 7 nitrogen and oxygen atoms in total. The van der Waals surface area contributed by atoms with Gasteiger partial charge in [0.2, 0.25) is 5.89 Å². The highest BCUT2D eigenvalue weighted by molar-refractivity contribution is 5.72. The van der Waals surface area contributed by atoms with Gasteiger partial charge >= 0.3 is 6.09 Å². The molecule has 1 amide bonds. The second kappa shape index (κ2) is 12.7. The first-order valence-electron chi connectivity index (χ1n) is 13.9. The van der Waals surface area contributed by atoms with Gasteiger partial charge in [-0.2, -0.15) is 0 Å². The Morgan fingerprint density at radius 3 is 2.33 bits per heavy atom. The van der Waals surface area contributed by atoms with E-state index in [0.29, 0.717) is 24.7 Å². The van der Waals surface area contributed by atoms with E-state index < -0.39 is 0 Å². The highest BCUT2D eigenvalue weighted by Crippen LogP contribution is 2.35. The zero-order chi connectivity index (χ0) is 27.9. The molecule has 2 heterocycles. The summed E-state index contributed by atoms with van der Waals surface area (Å²) in [7, 11) is 1.61. The van der Waals surface area contributed by atoms with Crippen LogP contribution in [0.25, 0.3) is 11.5 Å². The fourth-order valence-corrected chi connectivity index (χ4v) is 5.21. The summed E-state index contributed by atoms with van der Waals surface area (Å²) in [4.78, 5) is 19.9. The highest BCUT2D eigenvalue weighted by atomic mass is 16.6. The summed E-state index contributed by atoms with van der Waals surface area (Å²) in [5.74, 6) is 3.44. The van der Waals surface area contributed by atoms with Crippen LogP contribution in [0.3, 0.4) is 0 Å². The summed E-state index contributed by atoms with van der Waals surface area (Å²) in [5.41, 5.74) is 2.93. The lowest BCUT2D eigenvalue weighted by atomic mass is 10.0. The molecule has 0 spiro atoms. The van der Waals surface area contributed by atoms with E-state index in [-0.39, 0.29) is 18.2 Å². The van der Waals surface area contributed by atoms with Crippen molar-refractivity contribution >= 4 is 6.09 Å². The van der Waals surface area contributed by atoms with Crippen molar-refractivity contribution in [1.29, 1.82) is 0 Å². The van der Waals surface area contributed by atoms with Gasteiger partial charge in [-0.1, -0.05) is 43.2 Å². The predicted molar refractivity (Wildman–Crippen MR) is 154 cm³/mol. The molecule has 1 fully saturated rings. The number of hydrogen-bond donors (Lipinski definition) is 0. The summed E-state index contributed by atoms with van der Waals surface area (Å²) >= 11 is 0. The summed E-state index contributed by atoms with van der Waals surface area (Å²) < 4.78 is 22.9. The lowest BCUT2D eigenvalue weighted by molar-refractivity contribution is 0.110. The molecule has 0 N–H and O–H groups in total. The third-order valence-corrected chi connectivity index (χ3v) is 7.42. The Morgan fingerprint density at radius 1 is 0.925 bits per heavy atom. The number of carbonyl (C=O) groups excluding carboxylic acids is 1. The van der Waals surface area contributed by atoms with E-state index in [4.69, 9.17) is 18.6 Å². The molecule has 4 aromatic rings. The Morgan fingerprint density at radius 2 is 1.60 bits per heavy atom. The second-order valence-electron chi connectivity index (χ2n) is 10.2. The summed E-state index contributed by atoms with van der Waals surface area (Å²) in [5, 5.41) is 0. The Hall–Kier alpha value is -4.26. The number of oxazole rings is 1. The van der Waals surface area contributed by atoms with Crippen LogP contribution in [0.1, 0.15) is 55.7 Å². The summed E-state index contributed by atoms with van der Waals surface area (Å²) in [6.45, 7) is 4.52. The topological polar surface area (TPSA) is 74.0 Å². The molecule has 3 aromatic carbocycles. The Bertz CT molecular complexity index is 1380. The van der Waals surface area contributed by atoms with Crippen molar-refractivity contribution < 1.29 is 23.4 Å². The van der Waals surface area contributed by atoms with Crippen LogP contribution < -0.4 is 14.2 Å². The van der Waals surface area contributed by atoms with E-state index in [1.807, 2.05) is 54.3 Å². The van der Waals surface area contributed by atoms with Crippen molar-refractivity contribution in [3.8, 4) is 28.7 Å². The van der Waals surface area contributed by atoms with E-state index in [0.717, 1.165) is 59.8 Å². The molecule has 1 saturated heterocycles. The number of methoxy groups -OCH3 is 1. The number of carbonyl (C=O) groups is 1. The highest BCUT2D eigenvalue weighted by Gasteiger charge is 2.33. The van der Waals surface area contributed by atoms with Crippen LogP contribution in [0.4, 0.5) is 4.79 Å². The summed E-state index contributed by atoms with van der Waals surface area (Å²) in [6.07, 6.45) is 4.29. The average molecular weight is 541 g/mol. The average Bonchev–Trinajstić information content (AvgIpc) is 3.24. The smallest absolute Gasteiger partial charge is 0.415 e. The summed E-state index contributed by atoms with van der Waals surface area (Å²) in [6, 6.07) is 25.0. The third-order valence-electron chi connectivity index (χ3n) is 7.42. The number of nitrogens with zero attached hydrogens (tertiary/aromatic N) is 2. The van der Waals surface area contributed by atoms with Crippen LogP contribution in [0.2, 0.25) is 0 Å². The Balaban J connectivity index is 1.22. The molecular formula is C33H36N2O5. The number of rotatable bonds is 8. The number of ether oxygens (including phenoxy) is 3. The molecule has 208 valence electrons. The minimum Gasteiger partial charge on any atom is -0.497 e. The maximum absolute atomic E-state index is 13.4. The van der Waals surface area contributed by atoms with Crippen molar-refractivity contribution in [3.63, 3.8) is 0 Å². The first-order valence-corrected chi connectivity index (χ1v) is 13.9. The van der Waals surface area contributed by atoms with Gasteiger partial charge in [-0.25, -0.2) is 9.78 Å². The van der Waals surface area contributed by atoms with E-state index in [1.165, 1.54) is 0 Å². The van der Waals surface area contributed by atoms with Gasteiger partial charge in [-0.15, -0.1) is 0 Å². The minimum atomic E-state index is -0.331. The molecule has 2 unspecified atom stereocenters. The maximum Gasteiger partial charge on any atom is 0.415 e. The monoisotopic (exact) mass is 540 g/mol. The number of hydrogen-bond acceptors (Lipinski definition) is 6. The molecule has 0 radical (unpaired) electrons. The molecule has 1 aliphatic rings. The first kappa shape index (κ1) is 27.3. The van der Waals surface area contributed by atoms with Crippen molar-refractivity contribution in [2.75, 3.05) is 13.7 Å². The van der Waals surface area contributed by atoms with Gasteiger partial charge in [-0.05, 0) is 80.8 Å². The third kappa shape index (κ3) is 6.47. The predicted octanol–water partition coefficient (Wildman–Crippen LogP) is 7.78. The van der Waals surface area contributed by atoms with Gasteiger partial charge in [0.25, 0.3) is 0 Å². The molecule has 0 saturated carbocycles. The molecule has 5 rings (SSSR count). The van der Waals surface area contributed by atoms with Gasteiger partial charge in [0.15, 0.2) is 0 Å². The number of aryl methyl sites for hydroxylation is 1. The number of amides is 1. The second-order valence-corrected chi connectivity index (χ2v) is 10.2. The normalized spacial score (nSPS) is 17.2. The van der Waals surface area contributed by atoms with Crippen molar-refractivity contribution in [1.82, 2.24) is 9.88 Å². The fraction of sp³-hybridized carbons (Fsp3) is 0.333. The molecule has 7 heteroatoms. The standard InChI is InChI=1S/C33H36N2O5/c1-23-9-7-8-12-31(35(23)33(36)40-29-19-17-27(37-3)18-20-29)25-13-15-28(16-14-25)38-22-21-30-24(2)39-32(34-30)26-10-5-4-6-11-26/h4-6,10-11,13-20,23,31H,7-9,12,21-22H2,1-3H3. The zero-order valence-electron chi connectivity index (χ0n) is 23.3. The number of benzene rings is 3.